The lowest BCUT2D eigenvalue weighted by molar-refractivity contribution is 1.19. The van der Waals surface area contributed by atoms with Crippen LogP contribution in [0.3, 0.4) is 0 Å². The van der Waals surface area contributed by atoms with Crippen molar-refractivity contribution in [3.63, 3.8) is 0 Å². The van der Waals surface area contributed by atoms with Crippen LogP contribution in [-0.2, 0) is 0 Å². The summed E-state index contributed by atoms with van der Waals surface area (Å²) in [7, 11) is 0. The third kappa shape index (κ3) is 3.94. The zero-order chi connectivity index (χ0) is 6.41. The highest BCUT2D eigenvalue weighted by atomic mass is 35.5. The molecule has 0 aliphatic heterocycles. The maximum Gasteiger partial charge on any atom is 0.0178 e. The van der Waals surface area contributed by atoms with Crippen molar-refractivity contribution in [2.24, 2.45) is 0 Å². The Hall–Kier alpha value is -0.230. The van der Waals surface area contributed by atoms with Gasteiger partial charge in [0.1, 0.15) is 0 Å². The standard InChI is InChI=1S/C7H11Cl/c1-3-5-6-7(8)4-2/h3,5-6H,4H2,1-2H3. The maximum atomic E-state index is 5.65. The average Bonchev–Trinajstić information content (AvgIpc) is 1.83. The number of rotatable bonds is 2. The van der Waals surface area contributed by atoms with Crippen molar-refractivity contribution >= 4 is 11.6 Å². The van der Waals surface area contributed by atoms with Gasteiger partial charge in [0.25, 0.3) is 0 Å². The predicted octanol–water partition coefficient (Wildman–Crippen LogP) is 3.10. The summed E-state index contributed by atoms with van der Waals surface area (Å²) in [6.07, 6.45) is 6.72. The monoisotopic (exact) mass is 130 g/mol. The molecule has 46 valence electrons. The molecule has 0 aliphatic rings. The van der Waals surface area contributed by atoms with Crippen molar-refractivity contribution < 1.29 is 0 Å². The van der Waals surface area contributed by atoms with Crippen molar-refractivity contribution in [2.45, 2.75) is 20.3 Å². The highest BCUT2D eigenvalue weighted by Gasteiger charge is 1.79. The quantitative estimate of drug-likeness (QED) is 0.504. The van der Waals surface area contributed by atoms with Crippen molar-refractivity contribution in [2.75, 3.05) is 0 Å². The van der Waals surface area contributed by atoms with Gasteiger partial charge in [0.05, 0.1) is 0 Å². The molecule has 0 saturated carbocycles. The van der Waals surface area contributed by atoms with E-state index < -0.39 is 0 Å². The van der Waals surface area contributed by atoms with Crippen molar-refractivity contribution in [3.8, 4) is 0 Å². The van der Waals surface area contributed by atoms with Crippen LogP contribution in [0.2, 0.25) is 0 Å². The molecule has 0 unspecified atom stereocenters. The lowest BCUT2D eigenvalue weighted by Gasteiger charge is -1.83. The molecule has 8 heavy (non-hydrogen) atoms. The molecule has 0 bridgehead atoms. The Morgan fingerprint density at radius 3 is 2.62 bits per heavy atom. The van der Waals surface area contributed by atoms with Crippen LogP contribution >= 0.6 is 11.6 Å². The fourth-order valence-corrected chi connectivity index (χ4v) is 0.391. The van der Waals surface area contributed by atoms with E-state index in [0.29, 0.717) is 0 Å². The number of allylic oxidation sites excluding steroid dienone is 4. The molecule has 0 N–H and O–H groups in total. The average molecular weight is 131 g/mol. The van der Waals surface area contributed by atoms with Crippen molar-refractivity contribution in [3.05, 3.63) is 23.3 Å². The highest BCUT2D eigenvalue weighted by molar-refractivity contribution is 6.29. The van der Waals surface area contributed by atoms with Crippen LogP contribution in [0.1, 0.15) is 20.3 Å². The SMILES string of the molecule is CC=CC=C(Cl)CC. The molecule has 1 heteroatoms. The summed E-state index contributed by atoms with van der Waals surface area (Å²) in [6.45, 7) is 4.00. The van der Waals surface area contributed by atoms with Gasteiger partial charge in [-0.1, -0.05) is 30.7 Å². The molecule has 0 nitrogen and oxygen atoms in total. The molecular weight excluding hydrogens is 120 g/mol. The fourth-order valence-electron chi connectivity index (χ4n) is 0.318. The van der Waals surface area contributed by atoms with Gasteiger partial charge >= 0.3 is 0 Å². The minimum Gasteiger partial charge on any atom is -0.0892 e. The zero-order valence-corrected chi connectivity index (χ0v) is 6.07. The molecule has 0 fully saturated rings. The van der Waals surface area contributed by atoms with Crippen molar-refractivity contribution in [1.29, 1.82) is 0 Å². The lowest BCUT2D eigenvalue weighted by Crippen LogP contribution is -1.61. The smallest absolute Gasteiger partial charge is 0.0178 e. The van der Waals surface area contributed by atoms with Gasteiger partial charge in [0.2, 0.25) is 0 Å². The summed E-state index contributed by atoms with van der Waals surface area (Å²) in [4.78, 5) is 0. The van der Waals surface area contributed by atoms with Crippen LogP contribution in [0.15, 0.2) is 23.3 Å². The second kappa shape index (κ2) is 4.92. The van der Waals surface area contributed by atoms with E-state index in [0.717, 1.165) is 11.5 Å². The van der Waals surface area contributed by atoms with Crippen LogP contribution in [-0.4, -0.2) is 0 Å². The van der Waals surface area contributed by atoms with E-state index in [1.165, 1.54) is 0 Å². The Bertz CT molecular complexity index is 101. The molecular formula is C7H11Cl. The van der Waals surface area contributed by atoms with Crippen LogP contribution in [0.25, 0.3) is 0 Å². The summed E-state index contributed by atoms with van der Waals surface area (Å²) in [5.74, 6) is 0. The Balaban J connectivity index is 3.57. The van der Waals surface area contributed by atoms with Crippen LogP contribution in [0, 0.1) is 0 Å². The minimum absolute atomic E-state index is 0.906. The first-order valence-electron chi connectivity index (χ1n) is 2.78. The molecule has 0 amide bonds. The normalized spacial score (nSPS) is 13.1. The molecule has 0 radical (unpaired) electrons. The predicted molar refractivity (Wildman–Crippen MR) is 39.0 cm³/mol. The first-order valence-corrected chi connectivity index (χ1v) is 3.16. The first-order chi connectivity index (χ1) is 3.81. The van der Waals surface area contributed by atoms with E-state index in [2.05, 4.69) is 0 Å². The molecule has 0 aromatic carbocycles. The van der Waals surface area contributed by atoms with E-state index in [1.807, 2.05) is 32.1 Å². The molecule has 0 saturated heterocycles. The fraction of sp³-hybridized carbons (Fsp3) is 0.429. The van der Waals surface area contributed by atoms with Gasteiger partial charge in [-0.2, -0.15) is 0 Å². The summed E-state index contributed by atoms with van der Waals surface area (Å²) >= 11 is 5.65. The highest BCUT2D eigenvalue weighted by Crippen LogP contribution is 2.04. The molecule has 0 aliphatic carbocycles. The largest absolute Gasteiger partial charge is 0.0892 e. The van der Waals surface area contributed by atoms with E-state index in [-0.39, 0.29) is 0 Å². The van der Waals surface area contributed by atoms with Crippen LogP contribution < -0.4 is 0 Å². The van der Waals surface area contributed by atoms with Crippen LogP contribution in [0.4, 0.5) is 0 Å². The molecule has 0 spiro atoms. The number of hydrogen-bond acceptors (Lipinski definition) is 0. The second-order valence-corrected chi connectivity index (χ2v) is 1.98. The maximum absolute atomic E-state index is 5.65. The van der Waals surface area contributed by atoms with E-state index in [9.17, 15) is 0 Å². The van der Waals surface area contributed by atoms with Crippen LogP contribution in [0.5, 0.6) is 0 Å². The second-order valence-electron chi connectivity index (χ2n) is 1.49. The Morgan fingerprint density at radius 2 is 2.25 bits per heavy atom. The van der Waals surface area contributed by atoms with Gasteiger partial charge in [-0.05, 0) is 19.4 Å². The van der Waals surface area contributed by atoms with E-state index >= 15 is 0 Å². The molecule has 0 atom stereocenters. The van der Waals surface area contributed by atoms with E-state index in [1.54, 1.807) is 0 Å². The first kappa shape index (κ1) is 7.77. The Labute approximate surface area is 55.9 Å². The lowest BCUT2D eigenvalue weighted by atomic mass is 10.4. The topological polar surface area (TPSA) is 0 Å². The van der Waals surface area contributed by atoms with Gasteiger partial charge in [-0.25, -0.2) is 0 Å². The summed E-state index contributed by atoms with van der Waals surface area (Å²) in [5, 5.41) is 0.906. The molecule has 0 aromatic heterocycles. The van der Waals surface area contributed by atoms with E-state index in [4.69, 9.17) is 11.6 Å². The molecule has 0 aromatic rings. The van der Waals surface area contributed by atoms with Gasteiger partial charge < -0.3 is 0 Å². The van der Waals surface area contributed by atoms with Gasteiger partial charge in [-0.3, -0.25) is 0 Å². The summed E-state index contributed by atoms with van der Waals surface area (Å²) < 4.78 is 0. The van der Waals surface area contributed by atoms with Gasteiger partial charge in [0, 0.05) is 5.03 Å². The Morgan fingerprint density at radius 1 is 1.62 bits per heavy atom. The Kier molecular flexibility index (Phi) is 4.78. The summed E-state index contributed by atoms with van der Waals surface area (Å²) in [6, 6.07) is 0. The van der Waals surface area contributed by atoms with Gasteiger partial charge in [0.15, 0.2) is 0 Å². The minimum atomic E-state index is 0.906. The molecule has 0 heterocycles. The number of halogens is 1. The third-order valence-electron chi connectivity index (χ3n) is 0.807. The summed E-state index contributed by atoms with van der Waals surface area (Å²) in [5.41, 5.74) is 0. The molecule has 0 rings (SSSR count). The third-order valence-corrected chi connectivity index (χ3v) is 1.20. The van der Waals surface area contributed by atoms with Crippen molar-refractivity contribution in [1.82, 2.24) is 0 Å². The number of hydrogen-bond donors (Lipinski definition) is 0. The van der Waals surface area contributed by atoms with Gasteiger partial charge in [-0.15, -0.1) is 0 Å². The zero-order valence-electron chi connectivity index (χ0n) is 5.32.